The van der Waals surface area contributed by atoms with Crippen LogP contribution in [-0.4, -0.2) is 30.1 Å². The molecule has 3 rings (SSSR count). The highest BCUT2D eigenvalue weighted by atomic mass is 16.1. The molecule has 7 nitrogen and oxygen atoms in total. The summed E-state index contributed by atoms with van der Waals surface area (Å²) in [6.45, 7) is 2.33. The number of carbonyl (C=O) groups excluding carboxylic acids is 1. The average Bonchev–Trinajstić information content (AvgIpc) is 2.99. The van der Waals surface area contributed by atoms with Crippen LogP contribution in [0.2, 0.25) is 0 Å². The van der Waals surface area contributed by atoms with Crippen molar-refractivity contribution >= 4 is 11.7 Å². The van der Waals surface area contributed by atoms with Crippen molar-refractivity contribution in [1.29, 1.82) is 0 Å². The second kappa shape index (κ2) is 4.76. The van der Waals surface area contributed by atoms with Gasteiger partial charge in [-0.1, -0.05) is 0 Å². The summed E-state index contributed by atoms with van der Waals surface area (Å²) in [4.78, 5) is 20.3. The molecule has 0 saturated heterocycles. The summed E-state index contributed by atoms with van der Waals surface area (Å²) in [7, 11) is 1.85. The summed E-state index contributed by atoms with van der Waals surface area (Å²) in [6.07, 6.45) is 5.10. The summed E-state index contributed by atoms with van der Waals surface area (Å²) in [6, 6.07) is 3.72. The third kappa shape index (κ3) is 2.25. The lowest BCUT2D eigenvalue weighted by Crippen LogP contribution is -2.24. The zero-order chi connectivity index (χ0) is 14.1. The molecule has 0 saturated carbocycles. The van der Waals surface area contributed by atoms with Crippen LogP contribution in [0.1, 0.15) is 21.9 Å². The Morgan fingerprint density at radius 2 is 2.30 bits per heavy atom. The van der Waals surface area contributed by atoms with Crippen LogP contribution in [0.15, 0.2) is 30.7 Å². The van der Waals surface area contributed by atoms with E-state index in [0.717, 1.165) is 11.4 Å². The molecule has 0 aliphatic rings. The van der Waals surface area contributed by atoms with Gasteiger partial charge in [0.1, 0.15) is 5.69 Å². The molecule has 3 aromatic rings. The zero-order valence-electron chi connectivity index (χ0n) is 11.2. The molecule has 20 heavy (non-hydrogen) atoms. The van der Waals surface area contributed by atoms with Crippen molar-refractivity contribution in [2.24, 2.45) is 7.05 Å². The van der Waals surface area contributed by atoms with Gasteiger partial charge in [-0.15, -0.1) is 0 Å². The summed E-state index contributed by atoms with van der Waals surface area (Å²) in [5, 5.41) is 7.06. The van der Waals surface area contributed by atoms with E-state index in [0.29, 0.717) is 18.0 Å². The molecule has 0 aliphatic carbocycles. The number of hydrogen-bond acceptors (Lipinski definition) is 4. The van der Waals surface area contributed by atoms with E-state index in [2.05, 4.69) is 20.4 Å². The number of aromatic nitrogens is 5. The minimum absolute atomic E-state index is 0.227. The average molecular weight is 270 g/mol. The number of rotatable bonds is 3. The van der Waals surface area contributed by atoms with Crippen LogP contribution in [0.5, 0.6) is 0 Å². The smallest absolute Gasteiger partial charge is 0.271 e. The standard InChI is InChI=1S/C13H14N6O/c1-9-6-10(18(2)17-9)7-15-12(20)11-8-19-5-3-4-14-13(19)16-11/h3-6,8H,7H2,1-2H3,(H,15,20). The minimum atomic E-state index is -0.227. The molecular formula is C13H14N6O. The summed E-state index contributed by atoms with van der Waals surface area (Å²) < 4.78 is 3.46. The van der Waals surface area contributed by atoms with Crippen molar-refractivity contribution in [1.82, 2.24) is 29.5 Å². The van der Waals surface area contributed by atoms with Gasteiger partial charge in [0.15, 0.2) is 0 Å². The normalized spacial score (nSPS) is 10.9. The predicted octanol–water partition coefficient (Wildman–Crippen LogP) is 0.701. The lowest BCUT2D eigenvalue weighted by atomic mass is 10.3. The number of carbonyl (C=O) groups is 1. The van der Waals surface area contributed by atoms with E-state index >= 15 is 0 Å². The van der Waals surface area contributed by atoms with E-state index < -0.39 is 0 Å². The molecule has 3 aromatic heterocycles. The Balaban J connectivity index is 1.74. The first-order chi connectivity index (χ1) is 9.63. The first-order valence-electron chi connectivity index (χ1n) is 6.21. The van der Waals surface area contributed by atoms with Crippen molar-refractivity contribution in [3.05, 3.63) is 47.8 Å². The van der Waals surface area contributed by atoms with Gasteiger partial charge in [-0.3, -0.25) is 13.9 Å². The Kier molecular flexibility index (Phi) is 2.94. The molecular weight excluding hydrogens is 256 g/mol. The predicted molar refractivity (Wildman–Crippen MR) is 72.1 cm³/mol. The first kappa shape index (κ1) is 12.3. The highest BCUT2D eigenvalue weighted by Gasteiger charge is 2.11. The Bertz CT molecular complexity index is 739. The number of imidazole rings is 1. The third-order valence-corrected chi connectivity index (χ3v) is 3.00. The monoisotopic (exact) mass is 270 g/mol. The van der Waals surface area contributed by atoms with Crippen LogP contribution in [0.3, 0.4) is 0 Å². The molecule has 1 N–H and O–H groups in total. The fourth-order valence-electron chi connectivity index (χ4n) is 2.03. The van der Waals surface area contributed by atoms with Crippen molar-refractivity contribution in [3.8, 4) is 0 Å². The number of nitrogens with zero attached hydrogens (tertiary/aromatic N) is 5. The maximum atomic E-state index is 12.1. The Morgan fingerprint density at radius 3 is 3.00 bits per heavy atom. The topological polar surface area (TPSA) is 77.1 Å². The van der Waals surface area contributed by atoms with Crippen molar-refractivity contribution in [3.63, 3.8) is 0 Å². The molecule has 0 atom stereocenters. The summed E-state index contributed by atoms with van der Waals surface area (Å²) in [5.74, 6) is 0.281. The first-order valence-corrected chi connectivity index (χ1v) is 6.21. The lowest BCUT2D eigenvalue weighted by molar-refractivity contribution is 0.0945. The SMILES string of the molecule is Cc1cc(CNC(=O)c2cn3cccnc3n2)n(C)n1. The van der Waals surface area contributed by atoms with E-state index in [1.807, 2.05) is 20.0 Å². The number of aryl methyl sites for hydroxylation is 2. The largest absolute Gasteiger partial charge is 0.345 e. The number of amides is 1. The second-order valence-corrected chi connectivity index (χ2v) is 4.54. The van der Waals surface area contributed by atoms with Gasteiger partial charge in [-0.25, -0.2) is 9.97 Å². The molecule has 1 amide bonds. The van der Waals surface area contributed by atoms with Crippen LogP contribution < -0.4 is 5.32 Å². The molecule has 0 aliphatic heterocycles. The van der Waals surface area contributed by atoms with E-state index in [1.165, 1.54) is 0 Å². The molecule has 0 unspecified atom stereocenters. The van der Waals surface area contributed by atoms with Gasteiger partial charge >= 0.3 is 0 Å². The minimum Gasteiger partial charge on any atom is -0.345 e. The van der Waals surface area contributed by atoms with Crippen molar-refractivity contribution in [2.75, 3.05) is 0 Å². The van der Waals surface area contributed by atoms with Crippen LogP contribution in [-0.2, 0) is 13.6 Å². The van der Waals surface area contributed by atoms with Crippen LogP contribution in [0, 0.1) is 6.92 Å². The Labute approximate surface area is 115 Å². The van der Waals surface area contributed by atoms with Gasteiger partial charge in [-0.2, -0.15) is 5.10 Å². The van der Waals surface area contributed by atoms with Gasteiger partial charge < -0.3 is 5.32 Å². The fourth-order valence-corrected chi connectivity index (χ4v) is 2.03. The molecule has 0 bridgehead atoms. The Morgan fingerprint density at radius 1 is 1.45 bits per heavy atom. The van der Waals surface area contributed by atoms with Crippen LogP contribution >= 0.6 is 0 Å². The van der Waals surface area contributed by atoms with E-state index in [4.69, 9.17) is 0 Å². The number of fused-ring (bicyclic) bond motifs is 1. The van der Waals surface area contributed by atoms with Gasteiger partial charge in [0.05, 0.1) is 17.9 Å². The quantitative estimate of drug-likeness (QED) is 0.760. The summed E-state index contributed by atoms with van der Waals surface area (Å²) >= 11 is 0. The van der Waals surface area contributed by atoms with E-state index in [-0.39, 0.29) is 5.91 Å². The van der Waals surface area contributed by atoms with Gasteiger partial charge in [0.25, 0.3) is 5.91 Å². The zero-order valence-corrected chi connectivity index (χ0v) is 11.2. The molecule has 0 spiro atoms. The second-order valence-electron chi connectivity index (χ2n) is 4.54. The molecule has 102 valence electrons. The summed E-state index contributed by atoms with van der Waals surface area (Å²) in [5.41, 5.74) is 2.22. The highest BCUT2D eigenvalue weighted by molar-refractivity contribution is 5.92. The van der Waals surface area contributed by atoms with Crippen molar-refractivity contribution in [2.45, 2.75) is 13.5 Å². The van der Waals surface area contributed by atoms with Gasteiger partial charge in [-0.05, 0) is 19.1 Å². The highest BCUT2D eigenvalue weighted by Crippen LogP contribution is 2.04. The van der Waals surface area contributed by atoms with Crippen LogP contribution in [0.25, 0.3) is 5.78 Å². The van der Waals surface area contributed by atoms with Gasteiger partial charge in [0, 0.05) is 25.6 Å². The molecule has 0 aromatic carbocycles. The molecule has 7 heteroatoms. The number of hydrogen-bond donors (Lipinski definition) is 1. The van der Waals surface area contributed by atoms with E-state index in [1.54, 1.807) is 33.7 Å². The molecule has 0 fully saturated rings. The maximum Gasteiger partial charge on any atom is 0.271 e. The van der Waals surface area contributed by atoms with Crippen LogP contribution in [0.4, 0.5) is 0 Å². The van der Waals surface area contributed by atoms with E-state index in [9.17, 15) is 4.79 Å². The molecule has 0 radical (unpaired) electrons. The third-order valence-electron chi connectivity index (χ3n) is 3.00. The fraction of sp³-hybridized carbons (Fsp3) is 0.231. The maximum absolute atomic E-state index is 12.1. The van der Waals surface area contributed by atoms with Crippen molar-refractivity contribution < 1.29 is 4.79 Å². The number of nitrogens with one attached hydrogen (secondary N) is 1. The lowest BCUT2D eigenvalue weighted by Gasteiger charge is -2.03. The Hall–Kier alpha value is -2.70. The van der Waals surface area contributed by atoms with Gasteiger partial charge in [0.2, 0.25) is 5.78 Å². The molecule has 3 heterocycles.